The first kappa shape index (κ1) is 47.3. The van der Waals surface area contributed by atoms with Gasteiger partial charge in [-0.3, -0.25) is 4.79 Å². The van der Waals surface area contributed by atoms with Gasteiger partial charge in [-0.1, -0.05) is 45.6 Å². The summed E-state index contributed by atoms with van der Waals surface area (Å²) in [5, 5.41) is 0. The zero-order valence-corrected chi connectivity index (χ0v) is 30.4. The maximum Gasteiger partial charge on any atom is 0.333 e. The summed E-state index contributed by atoms with van der Waals surface area (Å²) in [4.78, 5) is 22.9. The molecule has 0 saturated heterocycles. The van der Waals surface area contributed by atoms with Gasteiger partial charge in [-0.25, -0.2) is 4.79 Å². The van der Waals surface area contributed by atoms with Crippen molar-refractivity contribution in [3.63, 3.8) is 0 Å². The molecule has 0 radical (unpaired) electrons. The Morgan fingerprint density at radius 1 is 0.388 bits per heavy atom. The molecule has 0 unspecified atom stereocenters. The summed E-state index contributed by atoms with van der Waals surface area (Å²) in [7, 11) is 0. The Labute approximate surface area is 294 Å². The van der Waals surface area contributed by atoms with Crippen molar-refractivity contribution in [2.24, 2.45) is 0 Å². The summed E-state index contributed by atoms with van der Waals surface area (Å²) in [6, 6.07) is 0. The molecule has 0 aliphatic rings. The highest BCUT2D eigenvalue weighted by atomic mass is 16.6. The molecule has 14 heteroatoms. The van der Waals surface area contributed by atoms with Gasteiger partial charge in [0.15, 0.2) is 0 Å². The van der Waals surface area contributed by atoms with Crippen LogP contribution < -0.4 is 0 Å². The van der Waals surface area contributed by atoms with E-state index in [-0.39, 0.29) is 19.2 Å². The maximum absolute atomic E-state index is 11.7. The number of hydrogen-bond donors (Lipinski definition) is 0. The molecular weight excluding hydrogens is 644 g/mol. The molecule has 0 aromatic heterocycles. The third-order valence-electron chi connectivity index (χ3n) is 6.38. The van der Waals surface area contributed by atoms with Crippen LogP contribution in [0.1, 0.15) is 58.8 Å². The van der Waals surface area contributed by atoms with Crippen molar-refractivity contribution in [3.8, 4) is 0 Å². The molecule has 0 aromatic rings. The molecule has 0 rings (SSSR count). The Morgan fingerprint density at radius 3 is 0.959 bits per heavy atom. The number of carbonyl (C=O) groups is 2. The first-order valence-corrected chi connectivity index (χ1v) is 17.8. The zero-order valence-electron chi connectivity index (χ0n) is 30.4. The van der Waals surface area contributed by atoms with Crippen LogP contribution in [-0.2, 0) is 66.4 Å². The normalized spacial score (nSPS) is 11.2. The van der Waals surface area contributed by atoms with Gasteiger partial charge in [-0.15, -0.1) is 0 Å². The molecule has 49 heavy (non-hydrogen) atoms. The van der Waals surface area contributed by atoms with Gasteiger partial charge in [0.1, 0.15) is 13.2 Å². The van der Waals surface area contributed by atoms with E-state index in [2.05, 4.69) is 13.5 Å². The molecule has 0 saturated carbocycles. The first-order valence-electron chi connectivity index (χ1n) is 17.8. The van der Waals surface area contributed by atoms with Crippen molar-refractivity contribution in [1.29, 1.82) is 0 Å². The quantitative estimate of drug-likeness (QED) is 0.0518. The van der Waals surface area contributed by atoms with E-state index in [1.54, 1.807) is 6.92 Å². The second-order valence-corrected chi connectivity index (χ2v) is 10.8. The highest BCUT2D eigenvalue weighted by Crippen LogP contribution is 2.07. The fraction of sp³-hybridized carbons (Fsp3) is 0.886. The van der Waals surface area contributed by atoms with E-state index in [4.69, 9.17) is 56.8 Å². The Balaban J connectivity index is 3.12. The third kappa shape index (κ3) is 40.6. The Kier molecular flexibility index (Phi) is 39.3. The summed E-state index contributed by atoms with van der Waals surface area (Å²) in [6.45, 7) is 17.0. The Hall–Kier alpha value is -1.72. The standard InChI is InChI=1S/C35H66O14/c1-4-5-6-7-8-9-10-34(36)48-31-29-46-27-25-44-23-21-42-19-17-40-15-13-38-11-12-39-14-16-41-18-20-43-22-24-45-26-28-47-30-32-49-35(37)33(2)3/h2,4-32H2,1,3H3. The second kappa shape index (κ2) is 40.7. The monoisotopic (exact) mass is 710 g/mol. The van der Waals surface area contributed by atoms with Crippen molar-refractivity contribution >= 4 is 11.9 Å². The van der Waals surface area contributed by atoms with Gasteiger partial charge in [-0.05, 0) is 13.3 Å². The predicted octanol–water partition coefficient (Wildman–Crippen LogP) is 3.57. The minimum Gasteiger partial charge on any atom is -0.463 e. The average Bonchev–Trinajstić information content (AvgIpc) is 3.09. The van der Waals surface area contributed by atoms with Crippen LogP contribution in [-0.4, -0.2) is 157 Å². The van der Waals surface area contributed by atoms with Gasteiger partial charge in [0.05, 0.1) is 132 Å². The molecule has 0 aliphatic heterocycles. The number of ether oxygens (including phenoxy) is 12. The molecule has 0 aromatic carbocycles. The molecule has 290 valence electrons. The molecule has 0 bridgehead atoms. The van der Waals surface area contributed by atoms with Gasteiger partial charge in [0.25, 0.3) is 0 Å². The van der Waals surface area contributed by atoms with E-state index in [9.17, 15) is 9.59 Å². The number of carbonyl (C=O) groups excluding carboxylic acids is 2. The van der Waals surface area contributed by atoms with Crippen LogP contribution in [0, 0.1) is 0 Å². The van der Waals surface area contributed by atoms with Gasteiger partial charge in [0.2, 0.25) is 0 Å². The summed E-state index contributed by atoms with van der Waals surface area (Å²) in [5.41, 5.74) is 0.368. The average molecular weight is 711 g/mol. The van der Waals surface area contributed by atoms with Crippen LogP contribution in [0.2, 0.25) is 0 Å². The topological polar surface area (TPSA) is 145 Å². The highest BCUT2D eigenvalue weighted by Gasteiger charge is 2.03. The van der Waals surface area contributed by atoms with Crippen LogP contribution in [0.25, 0.3) is 0 Å². The molecule has 0 aliphatic carbocycles. The lowest BCUT2D eigenvalue weighted by molar-refractivity contribution is -0.145. The largest absolute Gasteiger partial charge is 0.463 e. The fourth-order valence-electron chi connectivity index (χ4n) is 3.73. The number of rotatable bonds is 41. The summed E-state index contributed by atoms with van der Waals surface area (Å²) in [6.07, 6.45) is 7.40. The lowest BCUT2D eigenvalue weighted by Gasteiger charge is -2.09. The first-order chi connectivity index (χ1) is 24.1. The summed E-state index contributed by atoms with van der Waals surface area (Å²) < 4.78 is 64.4. The van der Waals surface area contributed by atoms with Crippen molar-refractivity contribution in [2.75, 3.05) is 145 Å². The van der Waals surface area contributed by atoms with E-state index in [0.29, 0.717) is 144 Å². The smallest absolute Gasteiger partial charge is 0.333 e. The van der Waals surface area contributed by atoms with E-state index >= 15 is 0 Å². The van der Waals surface area contributed by atoms with Gasteiger partial charge >= 0.3 is 11.9 Å². The van der Waals surface area contributed by atoms with Gasteiger partial charge in [0, 0.05) is 12.0 Å². The molecule has 0 N–H and O–H groups in total. The van der Waals surface area contributed by atoms with Crippen LogP contribution in [0.15, 0.2) is 12.2 Å². The number of unbranched alkanes of at least 4 members (excludes halogenated alkanes) is 5. The van der Waals surface area contributed by atoms with E-state index in [0.717, 1.165) is 12.8 Å². The molecule has 0 amide bonds. The molecule has 0 atom stereocenters. The van der Waals surface area contributed by atoms with Crippen LogP contribution in [0.3, 0.4) is 0 Å². The van der Waals surface area contributed by atoms with Crippen molar-refractivity contribution in [2.45, 2.75) is 58.8 Å². The van der Waals surface area contributed by atoms with Crippen LogP contribution in [0.4, 0.5) is 0 Å². The Morgan fingerprint density at radius 2 is 0.653 bits per heavy atom. The maximum atomic E-state index is 11.7. The van der Waals surface area contributed by atoms with Gasteiger partial charge < -0.3 is 56.8 Å². The minimum atomic E-state index is -0.415. The van der Waals surface area contributed by atoms with Crippen molar-refractivity contribution in [1.82, 2.24) is 0 Å². The van der Waals surface area contributed by atoms with Crippen LogP contribution >= 0.6 is 0 Å². The molecule has 14 nitrogen and oxygen atoms in total. The molecule has 0 fully saturated rings. The van der Waals surface area contributed by atoms with Crippen molar-refractivity contribution in [3.05, 3.63) is 12.2 Å². The van der Waals surface area contributed by atoms with E-state index in [1.807, 2.05) is 0 Å². The van der Waals surface area contributed by atoms with E-state index < -0.39 is 5.97 Å². The van der Waals surface area contributed by atoms with E-state index in [1.165, 1.54) is 25.7 Å². The summed E-state index contributed by atoms with van der Waals surface area (Å²) >= 11 is 0. The SMILES string of the molecule is C=C(C)C(=O)OCCOCCOCCOCCOCCOCCOCCOCCOCCOCCOCCOC(=O)CCCCCCCC. The fourth-order valence-corrected chi connectivity index (χ4v) is 3.73. The molecular formula is C35H66O14. The minimum absolute atomic E-state index is 0.148. The predicted molar refractivity (Wildman–Crippen MR) is 183 cm³/mol. The van der Waals surface area contributed by atoms with Crippen molar-refractivity contribution < 1.29 is 66.4 Å². The lowest BCUT2D eigenvalue weighted by Crippen LogP contribution is -2.16. The highest BCUT2D eigenvalue weighted by molar-refractivity contribution is 5.86. The molecule has 0 spiro atoms. The zero-order chi connectivity index (χ0) is 35.7. The summed E-state index contributed by atoms with van der Waals surface area (Å²) in [5.74, 6) is -0.563. The Bertz CT molecular complexity index is 724. The number of hydrogen-bond acceptors (Lipinski definition) is 14. The molecule has 0 heterocycles. The van der Waals surface area contributed by atoms with Gasteiger partial charge in [-0.2, -0.15) is 0 Å². The lowest BCUT2D eigenvalue weighted by atomic mass is 10.1. The number of esters is 2. The third-order valence-corrected chi connectivity index (χ3v) is 6.38. The second-order valence-electron chi connectivity index (χ2n) is 10.8. The van der Waals surface area contributed by atoms with Crippen LogP contribution in [0.5, 0.6) is 0 Å².